The monoisotopic (exact) mass is 259 g/mol. The summed E-state index contributed by atoms with van der Waals surface area (Å²) in [6.45, 7) is 3.29. The molecule has 0 radical (unpaired) electrons. The van der Waals surface area contributed by atoms with Crippen molar-refractivity contribution < 1.29 is 0 Å². The van der Waals surface area contributed by atoms with E-state index in [0.717, 1.165) is 12.5 Å². The Labute approximate surface area is 116 Å². The van der Waals surface area contributed by atoms with E-state index >= 15 is 0 Å². The number of unbranched alkanes of at least 4 members (excludes halogenated alkanes) is 1. The number of hydrogen-bond donors (Lipinski definition) is 1. The van der Waals surface area contributed by atoms with Crippen LogP contribution in [0.5, 0.6) is 0 Å². The molecule has 19 heavy (non-hydrogen) atoms. The lowest BCUT2D eigenvalue weighted by Gasteiger charge is -2.22. The summed E-state index contributed by atoms with van der Waals surface area (Å²) in [4.78, 5) is 6.61. The molecule has 0 spiro atoms. The van der Waals surface area contributed by atoms with E-state index in [9.17, 15) is 0 Å². The third-order valence-electron chi connectivity index (χ3n) is 3.75. The molecule has 3 nitrogen and oxygen atoms in total. The van der Waals surface area contributed by atoms with Crippen molar-refractivity contribution in [2.45, 2.75) is 38.1 Å². The Morgan fingerprint density at radius 3 is 2.74 bits per heavy atom. The van der Waals surface area contributed by atoms with E-state index in [2.05, 4.69) is 59.5 Å². The number of benzene rings is 1. The Hall–Kier alpha value is -1.51. The molecule has 0 heterocycles. The van der Waals surface area contributed by atoms with Gasteiger partial charge in [0.25, 0.3) is 0 Å². The summed E-state index contributed by atoms with van der Waals surface area (Å²) in [5.74, 6) is 1.68. The Morgan fingerprint density at radius 1 is 1.37 bits per heavy atom. The average Bonchev–Trinajstić information content (AvgIpc) is 3.22. The summed E-state index contributed by atoms with van der Waals surface area (Å²) in [7, 11) is 3.98. The van der Waals surface area contributed by atoms with Crippen LogP contribution in [0.15, 0.2) is 35.3 Å². The maximum Gasteiger partial charge on any atom is 0.193 e. The molecule has 3 heteroatoms. The first-order valence-electron chi connectivity index (χ1n) is 7.25. The smallest absolute Gasteiger partial charge is 0.193 e. The highest BCUT2D eigenvalue weighted by Crippen LogP contribution is 2.40. The zero-order chi connectivity index (χ0) is 13.7. The van der Waals surface area contributed by atoms with Gasteiger partial charge in [0, 0.05) is 32.6 Å². The highest BCUT2D eigenvalue weighted by Gasteiger charge is 2.39. The van der Waals surface area contributed by atoms with Crippen LogP contribution in [0.25, 0.3) is 0 Å². The summed E-state index contributed by atoms with van der Waals surface area (Å²) >= 11 is 0. The van der Waals surface area contributed by atoms with Gasteiger partial charge < -0.3 is 10.2 Å². The van der Waals surface area contributed by atoms with Crippen molar-refractivity contribution in [2.75, 3.05) is 20.6 Å². The normalized spacial score (nSPS) is 22.2. The van der Waals surface area contributed by atoms with Crippen LogP contribution in [-0.2, 0) is 0 Å². The van der Waals surface area contributed by atoms with E-state index in [1.807, 2.05) is 7.05 Å². The minimum absolute atomic E-state index is 0.546. The molecule has 0 aliphatic heterocycles. The van der Waals surface area contributed by atoms with E-state index in [0.29, 0.717) is 12.0 Å². The van der Waals surface area contributed by atoms with Crippen LogP contribution < -0.4 is 5.32 Å². The van der Waals surface area contributed by atoms with Gasteiger partial charge in [-0.1, -0.05) is 43.7 Å². The molecule has 1 saturated carbocycles. The highest BCUT2D eigenvalue weighted by molar-refractivity contribution is 5.80. The minimum Gasteiger partial charge on any atom is -0.353 e. The van der Waals surface area contributed by atoms with Gasteiger partial charge in [-0.25, -0.2) is 0 Å². The van der Waals surface area contributed by atoms with Crippen LogP contribution in [-0.4, -0.2) is 37.5 Å². The Bertz CT molecular complexity index is 413. The standard InChI is InChI=1S/C16H25N3/c1-4-5-11-19(3)16(17-2)18-15-12-14(15)13-9-7-6-8-10-13/h6-10,14-15H,4-5,11-12H2,1-3H3,(H,17,18). The molecule has 2 rings (SSSR count). The van der Waals surface area contributed by atoms with Gasteiger partial charge in [-0.15, -0.1) is 0 Å². The molecule has 0 amide bonds. The lowest BCUT2D eigenvalue weighted by atomic mass is 10.1. The molecule has 1 N–H and O–H groups in total. The molecular weight excluding hydrogens is 234 g/mol. The second kappa shape index (κ2) is 6.60. The van der Waals surface area contributed by atoms with E-state index < -0.39 is 0 Å². The lowest BCUT2D eigenvalue weighted by Crippen LogP contribution is -2.40. The number of rotatable bonds is 5. The third kappa shape index (κ3) is 3.72. The van der Waals surface area contributed by atoms with Gasteiger partial charge in [0.05, 0.1) is 0 Å². The minimum atomic E-state index is 0.546. The fraction of sp³-hybridized carbons (Fsp3) is 0.562. The topological polar surface area (TPSA) is 27.6 Å². The van der Waals surface area contributed by atoms with Gasteiger partial charge in [0.15, 0.2) is 5.96 Å². The maximum atomic E-state index is 4.38. The summed E-state index contributed by atoms with van der Waals surface area (Å²) in [6.07, 6.45) is 3.64. The summed E-state index contributed by atoms with van der Waals surface area (Å²) in [5.41, 5.74) is 1.44. The predicted octanol–water partition coefficient (Wildman–Crippen LogP) is 2.85. The molecule has 1 aliphatic carbocycles. The number of aliphatic imine (C=N–C) groups is 1. The van der Waals surface area contributed by atoms with Gasteiger partial charge in [0.1, 0.15) is 0 Å². The summed E-state index contributed by atoms with van der Waals surface area (Å²) < 4.78 is 0. The summed E-state index contributed by atoms with van der Waals surface area (Å²) in [5, 5.41) is 3.57. The van der Waals surface area contributed by atoms with Crippen molar-refractivity contribution in [1.29, 1.82) is 0 Å². The van der Waals surface area contributed by atoms with Gasteiger partial charge in [-0.05, 0) is 18.4 Å². The Kier molecular flexibility index (Phi) is 4.83. The first-order valence-corrected chi connectivity index (χ1v) is 7.25. The van der Waals surface area contributed by atoms with Crippen molar-refractivity contribution >= 4 is 5.96 Å². The molecule has 1 fully saturated rings. The molecule has 104 valence electrons. The van der Waals surface area contributed by atoms with Crippen LogP contribution in [0.4, 0.5) is 0 Å². The SMILES string of the molecule is CCCCN(C)C(=NC)NC1CC1c1ccccc1. The Balaban J connectivity index is 1.85. The number of hydrogen-bond acceptors (Lipinski definition) is 1. The lowest BCUT2D eigenvalue weighted by molar-refractivity contribution is 0.464. The Morgan fingerprint density at radius 2 is 2.11 bits per heavy atom. The van der Waals surface area contributed by atoms with E-state index in [1.165, 1.54) is 24.8 Å². The van der Waals surface area contributed by atoms with Crippen molar-refractivity contribution in [3.8, 4) is 0 Å². The molecule has 2 atom stereocenters. The van der Waals surface area contributed by atoms with E-state index in [1.54, 1.807) is 0 Å². The maximum absolute atomic E-state index is 4.38. The zero-order valence-corrected chi connectivity index (χ0v) is 12.3. The van der Waals surface area contributed by atoms with E-state index in [4.69, 9.17) is 0 Å². The molecule has 0 aromatic heterocycles. The second-order valence-corrected chi connectivity index (χ2v) is 5.33. The molecule has 0 bridgehead atoms. The van der Waals surface area contributed by atoms with Crippen LogP contribution in [0.3, 0.4) is 0 Å². The fourth-order valence-corrected chi connectivity index (χ4v) is 2.44. The first-order chi connectivity index (χ1) is 9.26. The zero-order valence-electron chi connectivity index (χ0n) is 12.3. The molecule has 1 aliphatic rings. The van der Waals surface area contributed by atoms with Gasteiger partial charge in [-0.2, -0.15) is 0 Å². The van der Waals surface area contributed by atoms with Crippen LogP contribution >= 0.6 is 0 Å². The number of nitrogens with one attached hydrogen (secondary N) is 1. The summed E-state index contributed by atoms with van der Waals surface area (Å²) in [6, 6.07) is 11.3. The highest BCUT2D eigenvalue weighted by atomic mass is 15.3. The van der Waals surface area contributed by atoms with Crippen molar-refractivity contribution in [2.24, 2.45) is 4.99 Å². The number of guanidine groups is 1. The first kappa shape index (κ1) is 13.9. The molecule has 2 unspecified atom stereocenters. The van der Waals surface area contributed by atoms with Crippen molar-refractivity contribution in [3.63, 3.8) is 0 Å². The second-order valence-electron chi connectivity index (χ2n) is 5.33. The van der Waals surface area contributed by atoms with Gasteiger partial charge in [0.2, 0.25) is 0 Å². The quantitative estimate of drug-likeness (QED) is 0.650. The van der Waals surface area contributed by atoms with Crippen molar-refractivity contribution in [1.82, 2.24) is 10.2 Å². The fourth-order valence-electron chi connectivity index (χ4n) is 2.44. The van der Waals surface area contributed by atoms with Crippen LogP contribution in [0.2, 0.25) is 0 Å². The van der Waals surface area contributed by atoms with Crippen LogP contribution in [0, 0.1) is 0 Å². The molecule has 1 aromatic rings. The molecular formula is C16H25N3. The molecule has 0 saturated heterocycles. The third-order valence-corrected chi connectivity index (χ3v) is 3.75. The van der Waals surface area contributed by atoms with E-state index in [-0.39, 0.29) is 0 Å². The van der Waals surface area contributed by atoms with Gasteiger partial charge in [-0.3, -0.25) is 4.99 Å². The van der Waals surface area contributed by atoms with Gasteiger partial charge >= 0.3 is 0 Å². The van der Waals surface area contributed by atoms with Crippen LogP contribution in [0.1, 0.15) is 37.7 Å². The van der Waals surface area contributed by atoms with Crippen molar-refractivity contribution in [3.05, 3.63) is 35.9 Å². The largest absolute Gasteiger partial charge is 0.353 e. The predicted molar refractivity (Wildman–Crippen MR) is 81.6 cm³/mol. The number of nitrogens with zero attached hydrogens (tertiary/aromatic N) is 2. The molecule has 1 aromatic carbocycles. The average molecular weight is 259 g/mol.